The standard InChI is InChI=1S/C23H19BrN2O3/c1-22(2)11-17-19(18(27)12-22)23(16-6-4-3-5-15(16)20(28)25-23)21(29)26(17)14-9-7-13(24)8-10-14/h3-10H,11-12H2,1-2H3,(H,25,28). The van der Waals surface area contributed by atoms with Gasteiger partial charge in [0, 0.05) is 33.4 Å². The van der Waals surface area contributed by atoms with Crippen LogP contribution in [0.3, 0.4) is 0 Å². The number of benzene rings is 2. The third-order valence-electron chi connectivity index (χ3n) is 5.98. The van der Waals surface area contributed by atoms with Crippen molar-refractivity contribution in [3.05, 3.63) is 75.4 Å². The minimum Gasteiger partial charge on any atom is -0.330 e. The van der Waals surface area contributed by atoms with E-state index in [1.165, 1.54) is 0 Å². The summed E-state index contributed by atoms with van der Waals surface area (Å²) in [5.74, 6) is -0.702. The van der Waals surface area contributed by atoms with Gasteiger partial charge in [-0.15, -0.1) is 0 Å². The number of Topliss-reactive ketones (excluding diaryl/α,β-unsaturated/α-hetero) is 1. The maximum Gasteiger partial charge on any atom is 0.266 e. The first kappa shape index (κ1) is 18.3. The van der Waals surface area contributed by atoms with Crippen LogP contribution in [-0.2, 0) is 15.1 Å². The van der Waals surface area contributed by atoms with Crippen molar-refractivity contribution in [2.24, 2.45) is 5.41 Å². The SMILES string of the molecule is CC1(C)CC(=O)C2=C(C1)N(c1ccc(Br)cc1)C(=O)C21NC(=O)c2ccccc21. The first-order chi connectivity index (χ1) is 13.7. The van der Waals surface area contributed by atoms with E-state index in [0.29, 0.717) is 40.9 Å². The predicted molar refractivity (Wildman–Crippen MR) is 112 cm³/mol. The minimum absolute atomic E-state index is 0.0822. The van der Waals surface area contributed by atoms with Crippen molar-refractivity contribution < 1.29 is 14.4 Å². The number of ketones is 1. The number of nitrogens with one attached hydrogen (secondary N) is 1. The summed E-state index contributed by atoms with van der Waals surface area (Å²) in [4.78, 5) is 41.7. The van der Waals surface area contributed by atoms with Crippen LogP contribution in [-0.4, -0.2) is 17.6 Å². The molecule has 0 saturated heterocycles. The second-order valence-corrected chi connectivity index (χ2v) is 9.55. The van der Waals surface area contributed by atoms with Gasteiger partial charge in [-0.05, 0) is 42.2 Å². The van der Waals surface area contributed by atoms with Gasteiger partial charge >= 0.3 is 0 Å². The average Bonchev–Trinajstić information content (AvgIpc) is 3.08. The van der Waals surface area contributed by atoms with Crippen molar-refractivity contribution in [2.75, 3.05) is 4.90 Å². The van der Waals surface area contributed by atoms with Crippen LogP contribution in [0.15, 0.2) is 64.3 Å². The Morgan fingerprint density at radius 3 is 2.38 bits per heavy atom. The summed E-state index contributed by atoms with van der Waals surface area (Å²) in [6.07, 6.45) is 0.919. The van der Waals surface area contributed by atoms with Gasteiger partial charge in [0.2, 0.25) is 0 Å². The summed E-state index contributed by atoms with van der Waals surface area (Å²) in [6, 6.07) is 14.5. The molecule has 1 aliphatic carbocycles. The average molecular weight is 451 g/mol. The molecule has 0 saturated carbocycles. The van der Waals surface area contributed by atoms with Crippen molar-refractivity contribution in [1.29, 1.82) is 0 Å². The van der Waals surface area contributed by atoms with Crippen LogP contribution in [0.5, 0.6) is 0 Å². The lowest BCUT2D eigenvalue weighted by molar-refractivity contribution is -0.124. The van der Waals surface area contributed by atoms with Crippen molar-refractivity contribution in [3.8, 4) is 0 Å². The maximum atomic E-state index is 14.0. The predicted octanol–water partition coefficient (Wildman–Crippen LogP) is 4.08. The normalized spacial score (nSPS) is 24.8. The molecule has 146 valence electrons. The van der Waals surface area contributed by atoms with Gasteiger partial charge in [0.05, 0.1) is 5.57 Å². The van der Waals surface area contributed by atoms with Gasteiger partial charge in [0.25, 0.3) is 11.8 Å². The Morgan fingerprint density at radius 1 is 0.966 bits per heavy atom. The van der Waals surface area contributed by atoms with Gasteiger partial charge in [-0.25, -0.2) is 0 Å². The molecule has 0 aromatic heterocycles. The summed E-state index contributed by atoms with van der Waals surface area (Å²) >= 11 is 3.43. The van der Waals surface area contributed by atoms with Gasteiger partial charge < -0.3 is 5.32 Å². The topological polar surface area (TPSA) is 66.5 Å². The number of carbonyl (C=O) groups excluding carboxylic acids is 3. The molecule has 0 bridgehead atoms. The molecule has 2 amide bonds. The van der Waals surface area contributed by atoms with E-state index < -0.39 is 5.54 Å². The first-order valence-electron chi connectivity index (χ1n) is 9.54. The smallest absolute Gasteiger partial charge is 0.266 e. The third-order valence-corrected chi connectivity index (χ3v) is 6.51. The second-order valence-electron chi connectivity index (χ2n) is 8.63. The van der Waals surface area contributed by atoms with E-state index in [-0.39, 0.29) is 23.0 Å². The van der Waals surface area contributed by atoms with Gasteiger partial charge in [-0.1, -0.05) is 48.0 Å². The highest BCUT2D eigenvalue weighted by molar-refractivity contribution is 9.10. The fourth-order valence-electron chi connectivity index (χ4n) is 4.84. The van der Waals surface area contributed by atoms with E-state index in [9.17, 15) is 14.4 Å². The number of fused-ring (bicyclic) bond motifs is 3. The number of halogens is 1. The van der Waals surface area contributed by atoms with Gasteiger partial charge in [-0.2, -0.15) is 0 Å². The van der Waals surface area contributed by atoms with E-state index >= 15 is 0 Å². The van der Waals surface area contributed by atoms with E-state index in [1.807, 2.05) is 38.1 Å². The largest absolute Gasteiger partial charge is 0.330 e. The number of hydrogen-bond donors (Lipinski definition) is 1. The Balaban J connectivity index is 1.80. The highest BCUT2D eigenvalue weighted by atomic mass is 79.9. The quantitative estimate of drug-likeness (QED) is 0.711. The fourth-order valence-corrected chi connectivity index (χ4v) is 5.11. The van der Waals surface area contributed by atoms with E-state index in [0.717, 1.165) is 4.47 Å². The Hall–Kier alpha value is -2.73. The third kappa shape index (κ3) is 2.42. The number of rotatable bonds is 1. The summed E-state index contributed by atoms with van der Waals surface area (Å²) in [6.45, 7) is 4.07. The van der Waals surface area contributed by atoms with E-state index in [4.69, 9.17) is 0 Å². The molecule has 2 aliphatic heterocycles. The van der Waals surface area contributed by atoms with Crippen LogP contribution in [0.25, 0.3) is 0 Å². The molecular formula is C23H19BrN2O3. The fraction of sp³-hybridized carbons (Fsp3) is 0.261. The molecule has 0 fully saturated rings. The molecule has 2 aromatic carbocycles. The summed E-state index contributed by atoms with van der Waals surface area (Å²) in [5.41, 5.74) is 1.10. The van der Waals surface area contributed by atoms with Crippen LogP contribution in [0, 0.1) is 5.41 Å². The van der Waals surface area contributed by atoms with Gasteiger partial charge in [0.15, 0.2) is 11.3 Å². The monoisotopic (exact) mass is 450 g/mol. The van der Waals surface area contributed by atoms with Crippen LogP contribution < -0.4 is 10.2 Å². The highest BCUT2D eigenvalue weighted by Crippen LogP contribution is 2.53. The molecule has 1 N–H and O–H groups in total. The van der Waals surface area contributed by atoms with Gasteiger partial charge in [0.1, 0.15) is 0 Å². The molecular weight excluding hydrogens is 432 g/mol. The molecule has 2 heterocycles. The maximum absolute atomic E-state index is 14.0. The lowest BCUT2D eigenvalue weighted by atomic mass is 9.71. The Morgan fingerprint density at radius 2 is 1.66 bits per heavy atom. The minimum atomic E-state index is -1.44. The lowest BCUT2D eigenvalue weighted by Gasteiger charge is -2.33. The van der Waals surface area contributed by atoms with Crippen LogP contribution in [0.1, 0.15) is 42.6 Å². The molecule has 6 heteroatoms. The van der Waals surface area contributed by atoms with E-state index in [2.05, 4.69) is 21.2 Å². The van der Waals surface area contributed by atoms with Crippen molar-refractivity contribution in [1.82, 2.24) is 5.32 Å². The van der Waals surface area contributed by atoms with Crippen molar-refractivity contribution in [2.45, 2.75) is 32.2 Å². The molecule has 3 aliphatic rings. The molecule has 5 rings (SSSR count). The highest BCUT2D eigenvalue weighted by Gasteiger charge is 2.62. The number of allylic oxidation sites excluding steroid dienone is 1. The Bertz CT molecular complexity index is 1130. The number of carbonyl (C=O) groups is 3. The lowest BCUT2D eigenvalue weighted by Crippen LogP contribution is -2.50. The molecule has 1 atom stereocenters. The van der Waals surface area contributed by atoms with Crippen molar-refractivity contribution in [3.63, 3.8) is 0 Å². The Labute approximate surface area is 176 Å². The number of nitrogens with zero attached hydrogens (tertiary/aromatic N) is 1. The van der Waals surface area contributed by atoms with Crippen LogP contribution >= 0.6 is 15.9 Å². The van der Waals surface area contributed by atoms with E-state index in [1.54, 1.807) is 29.2 Å². The number of amides is 2. The van der Waals surface area contributed by atoms with Crippen molar-refractivity contribution >= 4 is 39.2 Å². The molecule has 5 nitrogen and oxygen atoms in total. The zero-order chi connectivity index (χ0) is 20.6. The molecule has 1 spiro atoms. The molecule has 1 unspecified atom stereocenters. The van der Waals surface area contributed by atoms with Crippen LogP contribution in [0.4, 0.5) is 5.69 Å². The summed E-state index contributed by atoms with van der Waals surface area (Å²) in [7, 11) is 0. The number of hydrogen-bond acceptors (Lipinski definition) is 3. The first-order valence-corrected chi connectivity index (χ1v) is 10.3. The summed E-state index contributed by atoms with van der Waals surface area (Å²) < 4.78 is 0.899. The van der Waals surface area contributed by atoms with Gasteiger partial charge in [-0.3, -0.25) is 19.3 Å². The zero-order valence-electron chi connectivity index (χ0n) is 16.1. The molecule has 29 heavy (non-hydrogen) atoms. The second kappa shape index (κ2) is 5.89. The molecule has 0 radical (unpaired) electrons. The zero-order valence-corrected chi connectivity index (χ0v) is 17.7. The summed E-state index contributed by atoms with van der Waals surface area (Å²) in [5, 5.41) is 2.89. The molecule has 2 aromatic rings. The Kier molecular flexibility index (Phi) is 3.72. The van der Waals surface area contributed by atoms with Crippen LogP contribution in [0.2, 0.25) is 0 Å². The number of anilines is 1.